The van der Waals surface area contributed by atoms with Gasteiger partial charge in [0.15, 0.2) is 0 Å². The summed E-state index contributed by atoms with van der Waals surface area (Å²) in [6, 6.07) is 14.6. The van der Waals surface area contributed by atoms with Crippen LogP contribution in [0.5, 0.6) is 5.75 Å². The number of rotatable bonds is 7. The molecule has 1 fully saturated rings. The number of carbonyl (C=O) groups is 1. The number of aromatic nitrogens is 1. The lowest BCUT2D eigenvalue weighted by atomic mass is 9.94. The first-order valence-electron chi connectivity index (χ1n) is 9.53. The van der Waals surface area contributed by atoms with Gasteiger partial charge in [-0.05, 0) is 42.0 Å². The second kappa shape index (κ2) is 7.97. The Morgan fingerprint density at radius 2 is 2.07 bits per heavy atom. The summed E-state index contributed by atoms with van der Waals surface area (Å²) in [7, 11) is 0. The zero-order valence-corrected chi connectivity index (χ0v) is 15.9. The molecule has 5 N–H and O–H groups in total. The largest absolute Gasteiger partial charge is 0.488 e. The first kappa shape index (κ1) is 19.0. The van der Waals surface area contributed by atoms with Crippen molar-refractivity contribution in [2.75, 3.05) is 13.2 Å². The molecule has 2 aromatic carbocycles. The highest BCUT2D eigenvalue weighted by Gasteiger charge is 2.22. The summed E-state index contributed by atoms with van der Waals surface area (Å²) in [5.74, 6) is -0.842. The smallest absolute Gasteiger partial charge is 0.311 e. The van der Waals surface area contributed by atoms with Gasteiger partial charge in [0.25, 0.3) is 0 Å². The zero-order valence-electron chi connectivity index (χ0n) is 15.9. The maximum atomic E-state index is 11.9. The van der Waals surface area contributed by atoms with E-state index in [1.807, 2.05) is 30.3 Å². The number of H-pyrrole nitrogens is 1. The van der Waals surface area contributed by atoms with Gasteiger partial charge in [-0.25, -0.2) is 0 Å². The third kappa shape index (κ3) is 4.25. The molecule has 1 aromatic heterocycles. The molecule has 1 saturated heterocycles. The number of nitrogen functional groups attached to an aromatic ring is 1. The van der Waals surface area contributed by atoms with E-state index < -0.39 is 11.9 Å². The normalized spacial score (nSPS) is 17.3. The molecule has 0 amide bonds. The molecule has 4 rings (SSSR count). The van der Waals surface area contributed by atoms with Gasteiger partial charge < -0.3 is 25.3 Å². The molecule has 1 aliphatic heterocycles. The van der Waals surface area contributed by atoms with Crippen LogP contribution in [0.2, 0.25) is 0 Å². The number of nitrogens with two attached hydrogens (primary N) is 1. The maximum absolute atomic E-state index is 11.9. The van der Waals surface area contributed by atoms with E-state index >= 15 is 0 Å². The van der Waals surface area contributed by atoms with Gasteiger partial charge in [0.05, 0.1) is 19.1 Å². The van der Waals surface area contributed by atoms with Crippen LogP contribution in [0.1, 0.15) is 29.2 Å². The quantitative estimate of drug-likeness (QED) is 0.363. The summed E-state index contributed by atoms with van der Waals surface area (Å²) in [6.45, 7) is 1.30. The fourth-order valence-electron chi connectivity index (χ4n) is 3.61. The minimum Gasteiger partial charge on any atom is -0.488 e. The monoisotopic (exact) mass is 393 g/mol. The van der Waals surface area contributed by atoms with E-state index in [9.17, 15) is 9.90 Å². The lowest BCUT2D eigenvalue weighted by Gasteiger charge is -2.15. The molecule has 2 atom stereocenters. The number of ether oxygens (including phenoxy) is 2. The molecule has 7 heteroatoms. The Hall–Kier alpha value is -3.32. The first-order valence-corrected chi connectivity index (χ1v) is 9.53. The highest BCUT2D eigenvalue weighted by atomic mass is 16.5. The van der Waals surface area contributed by atoms with Gasteiger partial charge >= 0.3 is 5.97 Å². The number of benzene rings is 2. The standard InChI is InChI=1S/C22H23N3O4/c23-21(24)14-3-6-20-15(9-14)10-16(25-20)11-19(22(26)27)13-1-4-17(5-2-13)29-18-7-8-28-12-18/h1-6,9-10,18-19,25H,7-8,11-12H2,(H3,23,24)(H,26,27)/t18-,19?/m1/s1. The molecule has 2 heterocycles. The van der Waals surface area contributed by atoms with Crippen LogP contribution in [0.3, 0.4) is 0 Å². The van der Waals surface area contributed by atoms with E-state index in [0.717, 1.165) is 34.3 Å². The van der Waals surface area contributed by atoms with Crippen LogP contribution in [0, 0.1) is 5.41 Å². The molecule has 0 saturated carbocycles. The van der Waals surface area contributed by atoms with E-state index in [1.165, 1.54) is 0 Å². The minimum absolute atomic E-state index is 0.00420. The van der Waals surface area contributed by atoms with E-state index in [4.69, 9.17) is 20.6 Å². The van der Waals surface area contributed by atoms with Crippen molar-refractivity contribution in [1.29, 1.82) is 5.41 Å². The number of aromatic amines is 1. The van der Waals surface area contributed by atoms with Crippen molar-refractivity contribution in [3.05, 3.63) is 65.4 Å². The van der Waals surface area contributed by atoms with Gasteiger partial charge in [0, 0.05) is 35.0 Å². The van der Waals surface area contributed by atoms with Crippen molar-refractivity contribution in [1.82, 2.24) is 4.98 Å². The SMILES string of the molecule is N=C(N)c1ccc2[nH]c(CC(C(=O)O)c3ccc(O[C@@H]4CCOC4)cc3)cc2c1. The molecular formula is C22H23N3O4. The lowest BCUT2D eigenvalue weighted by Crippen LogP contribution is -2.16. The average molecular weight is 393 g/mol. The number of aliphatic carboxylic acids is 1. The summed E-state index contributed by atoms with van der Waals surface area (Å²) in [5.41, 5.74) is 8.61. The zero-order chi connectivity index (χ0) is 20.4. The van der Waals surface area contributed by atoms with Crippen LogP contribution >= 0.6 is 0 Å². The highest BCUT2D eigenvalue weighted by molar-refractivity contribution is 5.98. The summed E-state index contributed by atoms with van der Waals surface area (Å²) in [5, 5.41) is 18.2. The van der Waals surface area contributed by atoms with E-state index in [0.29, 0.717) is 25.2 Å². The molecule has 150 valence electrons. The number of amidine groups is 1. The Morgan fingerprint density at radius 1 is 1.28 bits per heavy atom. The summed E-state index contributed by atoms with van der Waals surface area (Å²) < 4.78 is 11.2. The number of nitrogens with one attached hydrogen (secondary N) is 2. The van der Waals surface area contributed by atoms with E-state index in [1.54, 1.807) is 18.2 Å². The highest BCUT2D eigenvalue weighted by Crippen LogP contribution is 2.26. The second-order valence-electron chi connectivity index (χ2n) is 7.28. The fourth-order valence-corrected chi connectivity index (χ4v) is 3.61. The van der Waals surface area contributed by atoms with Gasteiger partial charge in [-0.2, -0.15) is 0 Å². The van der Waals surface area contributed by atoms with Crippen LogP contribution in [0.15, 0.2) is 48.5 Å². The Labute approximate surface area is 168 Å². The average Bonchev–Trinajstić information content (AvgIpc) is 3.35. The molecule has 0 radical (unpaired) electrons. The number of fused-ring (bicyclic) bond motifs is 1. The topological polar surface area (TPSA) is 121 Å². The van der Waals surface area contributed by atoms with E-state index in [2.05, 4.69) is 4.98 Å². The summed E-state index contributed by atoms with van der Waals surface area (Å²) in [6.07, 6.45) is 1.25. The predicted octanol–water partition coefficient (Wildman–Crippen LogP) is 3.03. The fraction of sp³-hybridized carbons (Fsp3) is 0.273. The Morgan fingerprint density at radius 3 is 2.72 bits per heavy atom. The third-order valence-electron chi connectivity index (χ3n) is 5.18. The lowest BCUT2D eigenvalue weighted by molar-refractivity contribution is -0.138. The molecule has 29 heavy (non-hydrogen) atoms. The molecule has 1 aliphatic rings. The minimum atomic E-state index is -0.883. The molecule has 0 bridgehead atoms. The van der Waals surface area contributed by atoms with Crippen molar-refractivity contribution in [2.45, 2.75) is 24.9 Å². The van der Waals surface area contributed by atoms with Gasteiger partial charge in [0.2, 0.25) is 0 Å². The Bertz CT molecular complexity index is 1040. The van der Waals surface area contributed by atoms with Crippen LogP contribution in [-0.2, 0) is 16.0 Å². The molecule has 7 nitrogen and oxygen atoms in total. The number of hydrogen-bond donors (Lipinski definition) is 4. The van der Waals surface area contributed by atoms with Crippen LogP contribution in [0.25, 0.3) is 10.9 Å². The van der Waals surface area contributed by atoms with Gasteiger partial charge in [-0.1, -0.05) is 12.1 Å². The van der Waals surface area contributed by atoms with Crippen LogP contribution < -0.4 is 10.5 Å². The molecule has 0 spiro atoms. The predicted molar refractivity (Wildman–Crippen MR) is 110 cm³/mol. The van der Waals surface area contributed by atoms with E-state index in [-0.39, 0.29) is 11.9 Å². The van der Waals surface area contributed by atoms with Gasteiger partial charge in [-0.15, -0.1) is 0 Å². The van der Waals surface area contributed by atoms with Crippen molar-refractivity contribution in [2.24, 2.45) is 5.73 Å². The van der Waals surface area contributed by atoms with Crippen molar-refractivity contribution >= 4 is 22.7 Å². The molecular weight excluding hydrogens is 370 g/mol. The van der Waals surface area contributed by atoms with Gasteiger partial charge in [0.1, 0.15) is 17.7 Å². The van der Waals surface area contributed by atoms with Gasteiger partial charge in [-0.3, -0.25) is 10.2 Å². The first-order chi connectivity index (χ1) is 14.0. The molecule has 0 aliphatic carbocycles. The molecule has 3 aromatic rings. The second-order valence-corrected chi connectivity index (χ2v) is 7.28. The van der Waals surface area contributed by atoms with Crippen molar-refractivity contribution in [3.63, 3.8) is 0 Å². The summed E-state index contributed by atoms with van der Waals surface area (Å²) >= 11 is 0. The third-order valence-corrected chi connectivity index (χ3v) is 5.18. The Balaban J connectivity index is 1.52. The van der Waals surface area contributed by atoms with Crippen LogP contribution in [-0.4, -0.2) is 41.2 Å². The number of carboxylic acids is 1. The molecule has 1 unspecified atom stereocenters. The number of hydrogen-bond acceptors (Lipinski definition) is 4. The van der Waals surface area contributed by atoms with Crippen molar-refractivity contribution < 1.29 is 19.4 Å². The van der Waals surface area contributed by atoms with Crippen LogP contribution in [0.4, 0.5) is 0 Å². The Kier molecular flexibility index (Phi) is 5.22. The van der Waals surface area contributed by atoms with Crippen molar-refractivity contribution in [3.8, 4) is 5.75 Å². The number of carboxylic acid groups (broad SMARTS) is 1. The summed E-state index contributed by atoms with van der Waals surface area (Å²) in [4.78, 5) is 15.2. The maximum Gasteiger partial charge on any atom is 0.311 e.